The lowest BCUT2D eigenvalue weighted by molar-refractivity contribution is -0.123. The first kappa shape index (κ1) is 21.0. The molecule has 0 fully saturated rings. The Bertz CT molecular complexity index is 824. The number of hydrazone groups is 1. The molecule has 0 spiro atoms. The molecule has 2 aromatic carbocycles. The van der Waals surface area contributed by atoms with Crippen LogP contribution in [-0.2, 0) is 10.2 Å². The maximum absolute atomic E-state index is 12.0. The minimum Gasteiger partial charge on any atom is -0.497 e. The van der Waals surface area contributed by atoms with Gasteiger partial charge in [-0.15, -0.1) is 0 Å². The van der Waals surface area contributed by atoms with Gasteiger partial charge in [-0.2, -0.15) is 5.10 Å². The topological polar surface area (TPSA) is 59.9 Å². The molecule has 2 aromatic rings. The molecular formula is C21H25BrN2O3. The normalized spacial score (nSPS) is 11.9. The van der Waals surface area contributed by atoms with Crippen LogP contribution in [0, 0.1) is 0 Å². The Hall–Kier alpha value is -2.34. The van der Waals surface area contributed by atoms with Crippen LogP contribution in [0.5, 0.6) is 11.5 Å². The first-order valence-corrected chi connectivity index (χ1v) is 9.40. The van der Waals surface area contributed by atoms with Gasteiger partial charge in [0.15, 0.2) is 6.61 Å². The molecule has 0 saturated carbocycles. The van der Waals surface area contributed by atoms with Crippen molar-refractivity contribution in [2.24, 2.45) is 5.10 Å². The lowest BCUT2D eigenvalue weighted by Crippen LogP contribution is -2.25. The summed E-state index contributed by atoms with van der Waals surface area (Å²) in [6.07, 6.45) is 0. The van der Waals surface area contributed by atoms with Crippen molar-refractivity contribution in [1.29, 1.82) is 0 Å². The number of halogens is 1. The van der Waals surface area contributed by atoms with Crippen LogP contribution in [0.25, 0.3) is 0 Å². The van der Waals surface area contributed by atoms with E-state index in [2.05, 4.69) is 47.2 Å². The first-order chi connectivity index (χ1) is 12.7. The van der Waals surface area contributed by atoms with Crippen molar-refractivity contribution in [2.75, 3.05) is 13.7 Å². The van der Waals surface area contributed by atoms with Crippen LogP contribution in [0.1, 0.15) is 38.8 Å². The van der Waals surface area contributed by atoms with Crippen molar-refractivity contribution in [1.82, 2.24) is 5.43 Å². The average Bonchev–Trinajstić information content (AvgIpc) is 2.64. The fourth-order valence-corrected chi connectivity index (χ4v) is 2.80. The molecule has 27 heavy (non-hydrogen) atoms. The van der Waals surface area contributed by atoms with Crippen molar-refractivity contribution in [3.05, 3.63) is 58.1 Å². The molecule has 0 atom stereocenters. The summed E-state index contributed by atoms with van der Waals surface area (Å²) in [5, 5.41) is 4.12. The third-order valence-electron chi connectivity index (χ3n) is 4.01. The maximum Gasteiger partial charge on any atom is 0.277 e. The second kappa shape index (κ2) is 9.04. The van der Waals surface area contributed by atoms with Crippen molar-refractivity contribution in [2.45, 2.75) is 33.1 Å². The smallest absolute Gasteiger partial charge is 0.277 e. The van der Waals surface area contributed by atoms with Gasteiger partial charge in [0.25, 0.3) is 5.91 Å². The fourth-order valence-electron chi connectivity index (χ4n) is 2.30. The number of carbonyl (C=O) groups excluding carboxylic acids is 1. The number of hydrogen-bond donors (Lipinski definition) is 1. The van der Waals surface area contributed by atoms with Gasteiger partial charge in [-0.1, -0.05) is 26.8 Å². The highest BCUT2D eigenvalue weighted by Crippen LogP contribution is 2.31. The Morgan fingerprint density at radius 2 is 1.81 bits per heavy atom. The van der Waals surface area contributed by atoms with E-state index in [1.54, 1.807) is 7.11 Å². The Balaban J connectivity index is 1.92. The SMILES string of the molecule is COc1ccc(/C(C)=N\NC(=O)COc2ccc(C(C)(C)C)cc2Br)cc1. The Labute approximate surface area is 168 Å². The summed E-state index contributed by atoms with van der Waals surface area (Å²) in [6, 6.07) is 13.3. The number of carbonyl (C=O) groups is 1. The van der Waals surface area contributed by atoms with E-state index in [0.29, 0.717) is 11.5 Å². The molecule has 144 valence electrons. The summed E-state index contributed by atoms with van der Waals surface area (Å²) < 4.78 is 11.5. The number of hydrogen-bond acceptors (Lipinski definition) is 4. The third-order valence-corrected chi connectivity index (χ3v) is 4.63. The Morgan fingerprint density at radius 3 is 2.37 bits per heavy atom. The molecule has 0 bridgehead atoms. The third kappa shape index (κ3) is 6.10. The number of methoxy groups -OCH3 is 1. The van der Waals surface area contributed by atoms with Crippen molar-refractivity contribution >= 4 is 27.5 Å². The van der Waals surface area contributed by atoms with Crippen LogP contribution in [0.3, 0.4) is 0 Å². The van der Waals surface area contributed by atoms with Gasteiger partial charge in [0.05, 0.1) is 17.3 Å². The summed E-state index contributed by atoms with van der Waals surface area (Å²) in [6.45, 7) is 8.14. The molecule has 0 unspecified atom stereocenters. The monoisotopic (exact) mass is 432 g/mol. The van der Waals surface area contributed by atoms with Crippen LogP contribution < -0.4 is 14.9 Å². The standard InChI is InChI=1S/C21H25BrN2O3/c1-14(15-6-9-17(26-5)10-7-15)23-24-20(25)13-27-19-11-8-16(12-18(19)22)21(2,3)4/h6-12H,13H2,1-5H3,(H,24,25)/b23-14-. The highest BCUT2D eigenvalue weighted by molar-refractivity contribution is 9.10. The van der Waals surface area contributed by atoms with Crippen LogP contribution >= 0.6 is 15.9 Å². The van der Waals surface area contributed by atoms with Crippen molar-refractivity contribution < 1.29 is 14.3 Å². The number of ether oxygens (including phenoxy) is 2. The highest BCUT2D eigenvalue weighted by Gasteiger charge is 2.15. The van der Waals surface area contributed by atoms with Crippen molar-refractivity contribution in [3.8, 4) is 11.5 Å². The average molecular weight is 433 g/mol. The molecule has 0 aliphatic rings. The maximum atomic E-state index is 12.0. The highest BCUT2D eigenvalue weighted by atomic mass is 79.9. The van der Waals surface area contributed by atoms with Gasteiger partial charge in [-0.05, 0) is 75.8 Å². The van der Waals surface area contributed by atoms with Gasteiger partial charge in [0.1, 0.15) is 11.5 Å². The number of amides is 1. The summed E-state index contributed by atoms with van der Waals surface area (Å²) in [5.41, 5.74) is 5.34. The molecule has 6 heteroatoms. The molecule has 0 heterocycles. The number of benzene rings is 2. The number of nitrogens with zero attached hydrogens (tertiary/aromatic N) is 1. The lowest BCUT2D eigenvalue weighted by atomic mass is 9.87. The van der Waals surface area contributed by atoms with E-state index in [4.69, 9.17) is 9.47 Å². The van der Waals surface area contributed by atoms with E-state index in [0.717, 1.165) is 15.8 Å². The van der Waals surface area contributed by atoms with Crippen LogP contribution in [0.2, 0.25) is 0 Å². The summed E-state index contributed by atoms with van der Waals surface area (Å²) in [5.74, 6) is 1.07. The minimum absolute atomic E-state index is 0.0477. The van der Waals surface area contributed by atoms with E-state index in [-0.39, 0.29) is 17.9 Å². The first-order valence-electron chi connectivity index (χ1n) is 8.61. The number of rotatable bonds is 6. The molecule has 2 rings (SSSR count). The second-order valence-electron chi connectivity index (χ2n) is 7.14. The second-order valence-corrected chi connectivity index (χ2v) is 8.00. The summed E-state index contributed by atoms with van der Waals surface area (Å²) in [7, 11) is 1.62. The fraction of sp³-hybridized carbons (Fsp3) is 0.333. The van der Waals surface area contributed by atoms with Gasteiger partial charge < -0.3 is 9.47 Å². The van der Waals surface area contributed by atoms with Crippen LogP contribution in [0.4, 0.5) is 0 Å². The van der Waals surface area contributed by atoms with E-state index < -0.39 is 0 Å². The molecule has 0 saturated heterocycles. The molecule has 0 radical (unpaired) electrons. The van der Waals surface area contributed by atoms with E-state index in [1.165, 1.54) is 5.56 Å². The predicted octanol–water partition coefficient (Wildman–Crippen LogP) is 4.67. The Morgan fingerprint density at radius 1 is 1.15 bits per heavy atom. The van der Waals surface area contributed by atoms with Crippen LogP contribution in [-0.4, -0.2) is 25.3 Å². The number of nitrogens with one attached hydrogen (secondary N) is 1. The zero-order valence-corrected chi connectivity index (χ0v) is 17.9. The largest absolute Gasteiger partial charge is 0.497 e. The van der Waals surface area contributed by atoms with Crippen molar-refractivity contribution in [3.63, 3.8) is 0 Å². The van der Waals surface area contributed by atoms with E-state index in [1.807, 2.05) is 49.4 Å². The summed E-state index contributed by atoms with van der Waals surface area (Å²) >= 11 is 3.50. The van der Waals surface area contributed by atoms with Gasteiger partial charge in [0, 0.05) is 0 Å². The summed E-state index contributed by atoms with van der Waals surface area (Å²) in [4.78, 5) is 12.0. The van der Waals surface area contributed by atoms with Gasteiger partial charge in [-0.25, -0.2) is 5.43 Å². The van der Waals surface area contributed by atoms with Gasteiger partial charge >= 0.3 is 0 Å². The van der Waals surface area contributed by atoms with Gasteiger partial charge in [0.2, 0.25) is 0 Å². The molecule has 0 aliphatic carbocycles. The zero-order chi connectivity index (χ0) is 20.0. The van der Waals surface area contributed by atoms with Crippen LogP contribution in [0.15, 0.2) is 52.0 Å². The Kier molecular flexibility index (Phi) is 7.02. The van der Waals surface area contributed by atoms with E-state index >= 15 is 0 Å². The molecule has 1 amide bonds. The molecule has 0 aromatic heterocycles. The van der Waals surface area contributed by atoms with E-state index in [9.17, 15) is 4.79 Å². The molecule has 0 aliphatic heterocycles. The molecule has 5 nitrogen and oxygen atoms in total. The van der Waals surface area contributed by atoms with Gasteiger partial charge in [-0.3, -0.25) is 4.79 Å². The molecular weight excluding hydrogens is 408 g/mol. The minimum atomic E-state index is -0.324. The lowest BCUT2D eigenvalue weighted by Gasteiger charge is -2.20. The zero-order valence-electron chi connectivity index (χ0n) is 16.3. The predicted molar refractivity (Wildman–Crippen MR) is 112 cm³/mol. The quantitative estimate of drug-likeness (QED) is 0.532. The molecule has 1 N–H and O–H groups in total.